The van der Waals surface area contributed by atoms with Crippen LogP contribution in [0.2, 0.25) is 0 Å². The van der Waals surface area contributed by atoms with Crippen LogP contribution in [-0.4, -0.2) is 29.6 Å². The zero-order valence-electron chi connectivity index (χ0n) is 9.61. The van der Waals surface area contributed by atoms with E-state index >= 15 is 0 Å². The van der Waals surface area contributed by atoms with Crippen LogP contribution in [0.1, 0.15) is 12.5 Å². The van der Waals surface area contributed by atoms with Crippen molar-refractivity contribution < 1.29 is 23.1 Å². The number of carbonyl (C=O) groups is 1. The molecule has 0 radical (unpaired) electrons. The Morgan fingerprint density at radius 3 is 2.17 bits per heavy atom. The maximum Gasteiger partial charge on any atom is 0.473 e. The third-order valence-corrected chi connectivity index (χ3v) is 1.53. The zero-order chi connectivity index (χ0) is 14.2. The molecule has 0 saturated heterocycles. The zero-order valence-corrected chi connectivity index (χ0v) is 9.61. The summed E-state index contributed by atoms with van der Waals surface area (Å²) < 4.78 is 35.4. The summed E-state index contributed by atoms with van der Waals surface area (Å²) in [6.07, 6.45) is -4.99. The van der Waals surface area contributed by atoms with Gasteiger partial charge in [-0.15, -0.1) is 0 Å². The molecule has 0 spiro atoms. The molecule has 3 N–H and O–H groups in total. The second-order valence-corrected chi connectivity index (χ2v) is 2.98. The van der Waals surface area contributed by atoms with Gasteiger partial charge in [-0.05, 0) is 6.92 Å². The molecule has 0 atom stereocenters. The number of amidine groups is 1. The van der Waals surface area contributed by atoms with Crippen molar-refractivity contribution in [3.8, 4) is 0 Å². The molecule has 100 valence electrons. The van der Waals surface area contributed by atoms with Crippen molar-refractivity contribution in [1.29, 1.82) is 0 Å². The average Bonchev–Trinajstić information content (AvgIpc) is 2.30. The number of aliphatic hydroxyl groups is 1. The van der Waals surface area contributed by atoms with Gasteiger partial charge in [0.15, 0.2) is 0 Å². The van der Waals surface area contributed by atoms with Gasteiger partial charge in [0.1, 0.15) is 5.84 Å². The van der Waals surface area contributed by atoms with E-state index in [-0.39, 0.29) is 12.2 Å². The molecule has 0 aliphatic heterocycles. The largest absolute Gasteiger partial charge is 0.473 e. The van der Waals surface area contributed by atoms with Crippen molar-refractivity contribution in [3.05, 3.63) is 35.9 Å². The molecule has 1 amide bonds. The number of carbonyl (C=O) groups excluding carboxylic acids is 1. The van der Waals surface area contributed by atoms with Crippen LogP contribution < -0.4 is 5.73 Å². The summed E-state index contributed by atoms with van der Waals surface area (Å²) in [5, 5.41) is 7.57. The highest BCUT2D eigenvalue weighted by Crippen LogP contribution is 2.16. The van der Waals surface area contributed by atoms with Gasteiger partial charge >= 0.3 is 12.1 Å². The second-order valence-electron chi connectivity index (χ2n) is 2.98. The van der Waals surface area contributed by atoms with Crippen molar-refractivity contribution in [1.82, 2.24) is 0 Å². The first-order valence-electron chi connectivity index (χ1n) is 4.94. The Morgan fingerprint density at radius 2 is 1.78 bits per heavy atom. The molecule has 0 fully saturated rings. The SMILES string of the molecule is CCO.NC(=NC(=O)C(F)(F)F)c1ccccc1. The number of nitrogens with two attached hydrogens (primary N) is 1. The summed E-state index contributed by atoms with van der Waals surface area (Å²) in [6, 6.07) is 7.75. The molecule has 0 aliphatic carbocycles. The van der Waals surface area contributed by atoms with Crippen LogP contribution in [0.4, 0.5) is 13.2 Å². The summed E-state index contributed by atoms with van der Waals surface area (Å²) in [4.78, 5) is 13.2. The predicted octanol–water partition coefficient (Wildman–Crippen LogP) is 1.48. The van der Waals surface area contributed by atoms with Crippen molar-refractivity contribution in [2.75, 3.05) is 6.61 Å². The number of hydrogen-bond acceptors (Lipinski definition) is 2. The van der Waals surface area contributed by atoms with Gasteiger partial charge in [-0.25, -0.2) is 0 Å². The van der Waals surface area contributed by atoms with Crippen LogP contribution >= 0.6 is 0 Å². The summed E-state index contributed by atoms with van der Waals surface area (Å²) in [7, 11) is 0. The Bertz CT molecular complexity index is 402. The number of amides is 1. The highest BCUT2D eigenvalue weighted by atomic mass is 19.4. The van der Waals surface area contributed by atoms with Crippen LogP contribution in [-0.2, 0) is 4.79 Å². The molecule has 1 aromatic carbocycles. The number of halogens is 3. The molecule has 1 rings (SSSR count). The molecule has 7 heteroatoms. The lowest BCUT2D eigenvalue weighted by atomic mass is 10.2. The van der Waals surface area contributed by atoms with Crippen molar-refractivity contribution in [3.63, 3.8) is 0 Å². The lowest BCUT2D eigenvalue weighted by Crippen LogP contribution is -2.25. The summed E-state index contributed by atoms with van der Waals surface area (Å²) in [5.74, 6) is -2.65. The number of aliphatic imine (C=N–C) groups is 1. The Morgan fingerprint density at radius 1 is 1.33 bits per heavy atom. The molecule has 0 aromatic heterocycles. The monoisotopic (exact) mass is 262 g/mol. The first-order valence-corrected chi connectivity index (χ1v) is 4.94. The molecular formula is C11H13F3N2O2. The van der Waals surface area contributed by atoms with Crippen LogP contribution in [0.5, 0.6) is 0 Å². The van der Waals surface area contributed by atoms with Crippen molar-refractivity contribution >= 4 is 11.7 Å². The quantitative estimate of drug-likeness (QED) is 0.594. The molecule has 1 aromatic rings. The third kappa shape index (κ3) is 6.00. The minimum atomic E-state index is -4.99. The number of hydrogen-bond donors (Lipinski definition) is 2. The summed E-state index contributed by atoms with van der Waals surface area (Å²) >= 11 is 0. The van der Waals surface area contributed by atoms with Gasteiger partial charge in [0.25, 0.3) is 0 Å². The number of benzene rings is 1. The van der Waals surface area contributed by atoms with Crippen molar-refractivity contribution in [2.24, 2.45) is 10.7 Å². The minimum absolute atomic E-state index is 0.250. The van der Waals surface area contributed by atoms with E-state index in [0.29, 0.717) is 0 Å². The lowest BCUT2D eigenvalue weighted by molar-refractivity contribution is -0.169. The Kier molecular flexibility index (Phi) is 6.66. The van der Waals surface area contributed by atoms with E-state index in [1.165, 1.54) is 12.1 Å². The van der Waals surface area contributed by atoms with E-state index in [4.69, 9.17) is 10.8 Å². The van der Waals surface area contributed by atoms with E-state index in [1.807, 2.05) is 0 Å². The van der Waals surface area contributed by atoms with Gasteiger partial charge < -0.3 is 10.8 Å². The Labute approximate surface area is 102 Å². The smallest absolute Gasteiger partial charge is 0.397 e. The molecule has 0 heterocycles. The maximum absolute atomic E-state index is 11.8. The Balaban J connectivity index is 0.000000873. The highest BCUT2D eigenvalue weighted by molar-refractivity contribution is 6.05. The van der Waals surface area contributed by atoms with E-state index in [9.17, 15) is 18.0 Å². The second kappa shape index (κ2) is 7.44. The molecule has 4 nitrogen and oxygen atoms in total. The topological polar surface area (TPSA) is 75.7 Å². The van der Waals surface area contributed by atoms with Crippen LogP contribution in [0.25, 0.3) is 0 Å². The fraction of sp³-hybridized carbons (Fsp3) is 0.273. The van der Waals surface area contributed by atoms with Crippen LogP contribution in [0, 0.1) is 0 Å². The van der Waals surface area contributed by atoms with Crippen molar-refractivity contribution in [2.45, 2.75) is 13.1 Å². The number of nitrogens with zero attached hydrogens (tertiary/aromatic N) is 1. The van der Waals surface area contributed by atoms with Gasteiger partial charge in [-0.1, -0.05) is 30.3 Å². The number of aliphatic hydroxyl groups excluding tert-OH is 1. The molecular weight excluding hydrogens is 249 g/mol. The minimum Gasteiger partial charge on any atom is -0.397 e. The standard InChI is InChI=1S/C9H7F3N2O.C2H6O/c10-9(11,12)8(15)14-7(13)6-4-2-1-3-5-6;1-2-3/h1-5H,(H2,13,14,15);3H,2H2,1H3. The van der Waals surface area contributed by atoms with Gasteiger partial charge in [0.2, 0.25) is 0 Å². The predicted molar refractivity (Wildman–Crippen MR) is 61.0 cm³/mol. The van der Waals surface area contributed by atoms with Crippen LogP contribution in [0.15, 0.2) is 35.3 Å². The first-order chi connectivity index (χ1) is 8.32. The number of alkyl halides is 3. The van der Waals surface area contributed by atoms with Gasteiger partial charge in [0, 0.05) is 12.2 Å². The third-order valence-electron chi connectivity index (χ3n) is 1.53. The van der Waals surface area contributed by atoms with Crippen LogP contribution in [0.3, 0.4) is 0 Å². The summed E-state index contributed by atoms with van der Waals surface area (Å²) in [5.41, 5.74) is 5.50. The fourth-order valence-corrected chi connectivity index (χ4v) is 0.846. The average molecular weight is 262 g/mol. The molecule has 0 aliphatic rings. The molecule has 0 saturated carbocycles. The van der Waals surface area contributed by atoms with E-state index in [2.05, 4.69) is 4.99 Å². The van der Waals surface area contributed by atoms with E-state index in [1.54, 1.807) is 25.1 Å². The number of rotatable bonds is 1. The molecule has 0 bridgehead atoms. The molecule has 0 unspecified atom stereocenters. The normalized spacial score (nSPS) is 11.5. The Hall–Kier alpha value is -1.89. The first kappa shape index (κ1) is 16.1. The van der Waals surface area contributed by atoms with Gasteiger partial charge in [0.05, 0.1) is 0 Å². The molecule has 18 heavy (non-hydrogen) atoms. The fourth-order valence-electron chi connectivity index (χ4n) is 0.846. The summed E-state index contributed by atoms with van der Waals surface area (Å²) in [6.45, 7) is 1.93. The lowest BCUT2D eigenvalue weighted by Gasteiger charge is -2.02. The van der Waals surface area contributed by atoms with E-state index < -0.39 is 17.9 Å². The maximum atomic E-state index is 11.8. The van der Waals surface area contributed by atoms with E-state index in [0.717, 1.165) is 0 Å². The highest BCUT2D eigenvalue weighted by Gasteiger charge is 2.38. The van der Waals surface area contributed by atoms with Gasteiger partial charge in [-0.3, -0.25) is 4.79 Å². The van der Waals surface area contributed by atoms with Gasteiger partial charge in [-0.2, -0.15) is 18.2 Å².